The summed E-state index contributed by atoms with van der Waals surface area (Å²) >= 11 is 0. The normalized spacial score (nSPS) is 16.8. The standard InChI is InChI=1S/C18H22FN3O2S/c19-17-1-3-18(4-2-17)25(23,24)21-13-15-7-11-22(12-8-15)14-16-5-9-20-10-6-16/h1-6,9-10,15,21H,7-8,11-14H2. The highest BCUT2D eigenvalue weighted by Gasteiger charge is 2.22. The van der Waals surface area contributed by atoms with E-state index in [-0.39, 0.29) is 4.90 Å². The average molecular weight is 363 g/mol. The van der Waals surface area contributed by atoms with Crippen LogP contribution in [0.2, 0.25) is 0 Å². The van der Waals surface area contributed by atoms with Gasteiger partial charge in [0.05, 0.1) is 4.90 Å². The molecule has 1 saturated heterocycles. The number of hydrogen-bond acceptors (Lipinski definition) is 4. The van der Waals surface area contributed by atoms with E-state index in [1.54, 1.807) is 12.4 Å². The van der Waals surface area contributed by atoms with Crippen molar-refractivity contribution >= 4 is 10.0 Å². The predicted octanol–water partition coefficient (Wildman–Crippen LogP) is 2.41. The first-order valence-electron chi connectivity index (χ1n) is 8.39. The second kappa shape index (κ2) is 8.03. The molecule has 0 spiro atoms. The second-order valence-electron chi connectivity index (χ2n) is 6.38. The van der Waals surface area contributed by atoms with Gasteiger partial charge in [0.15, 0.2) is 0 Å². The molecular weight excluding hydrogens is 341 g/mol. The lowest BCUT2D eigenvalue weighted by Gasteiger charge is -2.32. The van der Waals surface area contributed by atoms with Gasteiger partial charge in [0, 0.05) is 25.5 Å². The third-order valence-electron chi connectivity index (χ3n) is 4.55. The Bertz CT molecular complexity index is 774. The molecule has 1 fully saturated rings. The van der Waals surface area contributed by atoms with Gasteiger partial charge in [-0.25, -0.2) is 17.5 Å². The maximum Gasteiger partial charge on any atom is 0.240 e. The number of pyridine rings is 1. The third-order valence-corrected chi connectivity index (χ3v) is 5.99. The summed E-state index contributed by atoms with van der Waals surface area (Å²) in [5.41, 5.74) is 1.24. The fraction of sp³-hybridized carbons (Fsp3) is 0.389. The molecule has 0 radical (unpaired) electrons. The van der Waals surface area contributed by atoms with Crippen LogP contribution in [0.1, 0.15) is 18.4 Å². The fourth-order valence-corrected chi connectivity index (χ4v) is 4.14. The van der Waals surface area contributed by atoms with E-state index in [2.05, 4.69) is 14.6 Å². The molecule has 3 rings (SSSR count). The molecule has 0 saturated carbocycles. The van der Waals surface area contributed by atoms with Crippen LogP contribution in [-0.2, 0) is 16.6 Å². The van der Waals surface area contributed by atoms with Crippen LogP contribution in [0.15, 0.2) is 53.7 Å². The van der Waals surface area contributed by atoms with Crippen LogP contribution in [0.25, 0.3) is 0 Å². The number of sulfonamides is 1. The van der Waals surface area contributed by atoms with Gasteiger partial charge in [0.2, 0.25) is 10.0 Å². The number of nitrogens with one attached hydrogen (secondary N) is 1. The smallest absolute Gasteiger partial charge is 0.240 e. The Morgan fingerprint density at radius 1 is 1.08 bits per heavy atom. The van der Waals surface area contributed by atoms with Crippen LogP contribution in [-0.4, -0.2) is 37.9 Å². The first-order valence-corrected chi connectivity index (χ1v) is 9.88. The molecule has 1 aromatic heterocycles. The van der Waals surface area contributed by atoms with Crippen molar-refractivity contribution in [3.8, 4) is 0 Å². The highest BCUT2D eigenvalue weighted by molar-refractivity contribution is 7.89. The maximum absolute atomic E-state index is 12.9. The van der Waals surface area contributed by atoms with E-state index in [1.165, 1.54) is 17.7 Å². The lowest BCUT2D eigenvalue weighted by molar-refractivity contribution is 0.178. The molecule has 1 N–H and O–H groups in total. The molecule has 0 unspecified atom stereocenters. The van der Waals surface area contributed by atoms with Gasteiger partial charge < -0.3 is 0 Å². The van der Waals surface area contributed by atoms with E-state index in [0.717, 1.165) is 44.6 Å². The second-order valence-corrected chi connectivity index (χ2v) is 8.15. The topological polar surface area (TPSA) is 62.3 Å². The summed E-state index contributed by atoms with van der Waals surface area (Å²) < 4.78 is 40.1. The van der Waals surface area contributed by atoms with Gasteiger partial charge in [0.1, 0.15) is 5.82 Å². The Morgan fingerprint density at radius 3 is 2.36 bits per heavy atom. The zero-order valence-electron chi connectivity index (χ0n) is 13.9. The Morgan fingerprint density at radius 2 is 1.72 bits per heavy atom. The van der Waals surface area contributed by atoms with Crippen LogP contribution in [0, 0.1) is 11.7 Å². The molecule has 134 valence electrons. The lowest BCUT2D eigenvalue weighted by atomic mass is 9.97. The minimum atomic E-state index is -3.58. The summed E-state index contributed by atoms with van der Waals surface area (Å²) in [6.45, 7) is 3.22. The number of nitrogens with zero attached hydrogens (tertiary/aromatic N) is 2. The van der Waals surface area contributed by atoms with E-state index >= 15 is 0 Å². The SMILES string of the molecule is O=S(=O)(NCC1CCN(Cc2ccncc2)CC1)c1ccc(F)cc1. The van der Waals surface area contributed by atoms with Crippen LogP contribution >= 0.6 is 0 Å². The summed E-state index contributed by atoms with van der Waals surface area (Å²) in [7, 11) is -3.58. The fourth-order valence-electron chi connectivity index (χ4n) is 3.02. The lowest BCUT2D eigenvalue weighted by Crippen LogP contribution is -2.38. The molecule has 2 aromatic rings. The number of piperidine rings is 1. The number of benzene rings is 1. The van der Waals surface area contributed by atoms with Crippen LogP contribution in [0.3, 0.4) is 0 Å². The van der Waals surface area contributed by atoms with Crippen LogP contribution in [0.5, 0.6) is 0 Å². The zero-order chi connectivity index (χ0) is 17.7. The molecule has 0 atom stereocenters. The largest absolute Gasteiger partial charge is 0.299 e. The highest BCUT2D eigenvalue weighted by Crippen LogP contribution is 2.19. The molecule has 1 aromatic carbocycles. The summed E-state index contributed by atoms with van der Waals surface area (Å²) in [4.78, 5) is 6.50. The summed E-state index contributed by atoms with van der Waals surface area (Å²) in [5, 5.41) is 0. The summed E-state index contributed by atoms with van der Waals surface area (Å²) in [6.07, 6.45) is 5.51. The average Bonchev–Trinajstić information content (AvgIpc) is 2.62. The Kier molecular flexibility index (Phi) is 5.78. The van der Waals surface area contributed by atoms with Crippen molar-refractivity contribution in [2.45, 2.75) is 24.3 Å². The van der Waals surface area contributed by atoms with Crippen molar-refractivity contribution in [2.75, 3.05) is 19.6 Å². The minimum absolute atomic E-state index is 0.101. The van der Waals surface area contributed by atoms with E-state index in [0.29, 0.717) is 12.5 Å². The van der Waals surface area contributed by atoms with Gasteiger partial charge in [0.25, 0.3) is 0 Å². The van der Waals surface area contributed by atoms with Crippen molar-refractivity contribution in [3.63, 3.8) is 0 Å². The van der Waals surface area contributed by atoms with Gasteiger partial charge in [-0.2, -0.15) is 0 Å². The van der Waals surface area contributed by atoms with Gasteiger partial charge >= 0.3 is 0 Å². The van der Waals surface area contributed by atoms with E-state index in [9.17, 15) is 12.8 Å². The van der Waals surface area contributed by atoms with Crippen LogP contribution in [0.4, 0.5) is 4.39 Å². The Hall–Kier alpha value is -1.83. The molecule has 1 aliphatic rings. The predicted molar refractivity (Wildman–Crippen MR) is 93.8 cm³/mol. The van der Waals surface area contributed by atoms with Crippen molar-refractivity contribution in [1.82, 2.24) is 14.6 Å². The van der Waals surface area contributed by atoms with E-state index in [4.69, 9.17) is 0 Å². The zero-order valence-corrected chi connectivity index (χ0v) is 14.8. The first kappa shape index (κ1) is 18.0. The number of aromatic nitrogens is 1. The van der Waals surface area contributed by atoms with Crippen LogP contribution < -0.4 is 4.72 Å². The third kappa shape index (κ3) is 5.07. The number of halogens is 1. The molecule has 0 amide bonds. The van der Waals surface area contributed by atoms with Gasteiger partial charge in [-0.3, -0.25) is 9.88 Å². The molecular formula is C18H22FN3O2S. The quantitative estimate of drug-likeness (QED) is 0.856. The van der Waals surface area contributed by atoms with Gasteiger partial charge in [-0.05, 0) is 73.8 Å². The highest BCUT2D eigenvalue weighted by atomic mass is 32.2. The Balaban J connectivity index is 1.47. The molecule has 0 bridgehead atoms. The molecule has 0 aliphatic carbocycles. The molecule has 7 heteroatoms. The Labute approximate surface area is 147 Å². The van der Waals surface area contributed by atoms with E-state index in [1.807, 2.05) is 12.1 Å². The first-order chi connectivity index (χ1) is 12.0. The van der Waals surface area contributed by atoms with Gasteiger partial charge in [-0.15, -0.1) is 0 Å². The molecule has 1 aliphatic heterocycles. The number of rotatable bonds is 6. The van der Waals surface area contributed by atoms with E-state index < -0.39 is 15.8 Å². The van der Waals surface area contributed by atoms with Crippen molar-refractivity contribution in [1.29, 1.82) is 0 Å². The molecule has 5 nitrogen and oxygen atoms in total. The van der Waals surface area contributed by atoms with Crippen molar-refractivity contribution < 1.29 is 12.8 Å². The monoisotopic (exact) mass is 363 g/mol. The summed E-state index contributed by atoms with van der Waals surface area (Å²) in [5.74, 6) is -0.121. The van der Waals surface area contributed by atoms with Crippen molar-refractivity contribution in [3.05, 3.63) is 60.2 Å². The van der Waals surface area contributed by atoms with Crippen molar-refractivity contribution in [2.24, 2.45) is 5.92 Å². The molecule has 25 heavy (non-hydrogen) atoms. The number of hydrogen-bond donors (Lipinski definition) is 1. The number of likely N-dealkylation sites (tertiary alicyclic amines) is 1. The maximum atomic E-state index is 12.9. The summed E-state index contributed by atoms with van der Waals surface area (Å²) in [6, 6.07) is 8.92. The minimum Gasteiger partial charge on any atom is -0.299 e. The van der Waals surface area contributed by atoms with Gasteiger partial charge in [-0.1, -0.05) is 0 Å². The molecule has 2 heterocycles.